The van der Waals surface area contributed by atoms with Crippen molar-refractivity contribution in [3.05, 3.63) is 58.3 Å². The molecule has 2 aliphatic heterocycles. The Morgan fingerprint density at radius 2 is 1.76 bits per heavy atom. The molecule has 0 unspecified atom stereocenters. The number of carbonyl (C=O) groups excluding carboxylic acids is 2. The first kappa shape index (κ1) is 18.5. The third kappa shape index (κ3) is 2.74. The van der Waals surface area contributed by atoms with Gasteiger partial charge in [-0.15, -0.1) is 11.3 Å². The summed E-state index contributed by atoms with van der Waals surface area (Å²) in [4.78, 5) is 27.8. The van der Waals surface area contributed by atoms with Crippen LogP contribution < -0.4 is 4.90 Å². The number of thiophene rings is 1. The number of carbonyl (C=O) groups is 2. The molecule has 0 saturated carbocycles. The van der Waals surface area contributed by atoms with E-state index in [2.05, 4.69) is 0 Å². The highest BCUT2D eigenvalue weighted by Gasteiger charge is 2.37. The van der Waals surface area contributed by atoms with Crippen LogP contribution in [0.5, 0.6) is 0 Å². The monoisotopic (exact) mass is 426 g/mol. The van der Waals surface area contributed by atoms with Crippen molar-refractivity contribution in [1.29, 1.82) is 0 Å². The van der Waals surface area contributed by atoms with Crippen LogP contribution in [0.4, 0.5) is 5.69 Å². The summed E-state index contributed by atoms with van der Waals surface area (Å²) >= 11 is 1.27. The third-order valence-electron chi connectivity index (χ3n) is 5.52. The molecule has 0 spiro atoms. The molecule has 2 aromatic carbocycles. The predicted octanol–water partition coefficient (Wildman–Crippen LogP) is 3.88. The maximum atomic E-state index is 13.3. The molecule has 1 saturated heterocycles. The summed E-state index contributed by atoms with van der Waals surface area (Å²) in [6, 6.07) is 11.6. The molecule has 5 rings (SSSR count). The number of nitrogens with zero attached hydrogens (tertiary/aromatic N) is 2. The minimum absolute atomic E-state index is 0.193. The van der Waals surface area contributed by atoms with E-state index in [0.717, 1.165) is 24.2 Å². The summed E-state index contributed by atoms with van der Waals surface area (Å²) in [5, 5.41) is 2.80. The minimum atomic E-state index is -3.67. The number of hydrogen-bond acceptors (Lipinski definition) is 5. The molecule has 0 bridgehead atoms. The third-order valence-corrected chi connectivity index (χ3v) is 8.34. The Kier molecular flexibility index (Phi) is 4.31. The average molecular weight is 427 g/mol. The van der Waals surface area contributed by atoms with Gasteiger partial charge in [-0.1, -0.05) is 24.6 Å². The first-order valence-electron chi connectivity index (χ1n) is 9.48. The van der Waals surface area contributed by atoms with Gasteiger partial charge in [-0.25, -0.2) is 13.3 Å². The Morgan fingerprint density at radius 1 is 0.966 bits per heavy atom. The summed E-state index contributed by atoms with van der Waals surface area (Å²) in [6.07, 6.45) is 2.73. The molecule has 0 atom stereocenters. The van der Waals surface area contributed by atoms with Gasteiger partial charge in [0.1, 0.15) is 0 Å². The first-order valence-corrected chi connectivity index (χ1v) is 11.8. The van der Waals surface area contributed by atoms with Crippen LogP contribution in [-0.2, 0) is 10.0 Å². The highest BCUT2D eigenvalue weighted by atomic mass is 32.2. The van der Waals surface area contributed by atoms with Gasteiger partial charge < -0.3 is 0 Å². The van der Waals surface area contributed by atoms with Gasteiger partial charge >= 0.3 is 0 Å². The molecule has 2 aliphatic rings. The standard InChI is InChI=1S/C21H18N2O4S2/c24-20-15-7-4-6-14-18(29(26,27)22-11-2-1-3-12-22)10-9-16(19(14)15)23(20)21(25)17-8-5-13-28-17/h4-10,13H,1-3,11-12H2. The van der Waals surface area contributed by atoms with E-state index in [1.165, 1.54) is 21.7 Å². The van der Waals surface area contributed by atoms with Crippen LogP contribution in [0, 0.1) is 0 Å². The Bertz CT molecular complexity index is 1240. The zero-order valence-corrected chi connectivity index (χ0v) is 17.1. The number of benzene rings is 2. The van der Waals surface area contributed by atoms with Crippen molar-refractivity contribution in [3.8, 4) is 0 Å². The second-order valence-corrected chi connectivity index (χ2v) is 10.1. The van der Waals surface area contributed by atoms with E-state index >= 15 is 0 Å². The van der Waals surface area contributed by atoms with Gasteiger partial charge in [-0.3, -0.25) is 9.59 Å². The highest BCUT2D eigenvalue weighted by molar-refractivity contribution is 7.89. The largest absolute Gasteiger partial charge is 0.275 e. The molecular formula is C21H18N2O4S2. The Labute approximate surface area is 172 Å². The maximum absolute atomic E-state index is 13.3. The second-order valence-electron chi connectivity index (χ2n) is 7.20. The van der Waals surface area contributed by atoms with Crippen molar-refractivity contribution >= 4 is 49.6 Å². The molecule has 1 aromatic heterocycles. The van der Waals surface area contributed by atoms with Gasteiger partial charge in [0.25, 0.3) is 11.8 Å². The number of imide groups is 1. The van der Waals surface area contributed by atoms with E-state index in [9.17, 15) is 18.0 Å². The van der Waals surface area contributed by atoms with Crippen molar-refractivity contribution in [3.63, 3.8) is 0 Å². The van der Waals surface area contributed by atoms with Crippen LogP contribution in [0.15, 0.2) is 52.7 Å². The lowest BCUT2D eigenvalue weighted by molar-refractivity contribution is 0.0905. The van der Waals surface area contributed by atoms with E-state index in [0.29, 0.717) is 40.0 Å². The lowest BCUT2D eigenvalue weighted by atomic mass is 10.1. The van der Waals surface area contributed by atoms with E-state index in [4.69, 9.17) is 0 Å². The molecule has 0 N–H and O–H groups in total. The Morgan fingerprint density at radius 3 is 2.48 bits per heavy atom. The Hall–Kier alpha value is -2.55. The number of amides is 2. The summed E-state index contributed by atoms with van der Waals surface area (Å²) in [7, 11) is -3.67. The molecular weight excluding hydrogens is 408 g/mol. The molecule has 6 nitrogen and oxygen atoms in total. The minimum Gasteiger partial charge on any atom is -0.268 e. The van der Waals surface area contributed by atoms with Gasteiger partial charge in [-0.05, 0) is 42.5 Å². The van der Waals surface area contributed by atoms with Crippen LogP contribution in [0.25, 0.3) is 10.8 Å². The molecule has 148 valence electrons. The zero-order valence-electron chi connectivity index (χ0n) is 15.5. The molecule has 0 radical (unpaired) electrons. The van der Waals surface area contributed by atoms with Crippen LogP contribution in [-0.4, -0.2) is 37.6 Å². The van der Waals surface area contributed by atoms with Gasteiger partial charge in [0, 0.05) is 23.9 Å². The molecule has 0 aliphatic carbocycles. The zero-order chi connectivity index (χ0) is 20.2. The number of rotatable bonds is 3. The normalized spacial score (nSPS) is 17.2. The second kappa shape index (κ2) is 6.76. The van der Waals surface area contributed by atoms with Crippen molar-refractivity contribution in [2.24, 2.45) is 0 Å². The van der Waals surface area contributed by atoms with Crippen molar-refractivity contribution in [1.82, 2.24) is 4.31 Å². The van der Waals surface area contributed by atoms with Crippen LogP contribution >= 0.6 is 11.3 Å². The quantitative estimate of drug-likeness (QED) is 0.596. The number of hydrogen-bond donors (Lipinski definition) is 0. The fourth-order valence-electron chi connectivity index (χ4n) is 4.14. The van der Waals surface area contributed by atoms with Gasteiger partial charge in [0.2, 0.25) is 10.0 Å². The van der Waals surface area contributed by atoms with E-state index in [-0.39, 0.29) is 4.90 Å². The summed E-state index contributed by atoms with van der Waals surface area (Å²) in [5.74, 6) is -0.814. The fraction of sp³-hybridized carbons (Fsp3) is 0.238. The van der Waals surface area contributed by atoms with Gasteiger partial charge in [0.05, 0.1) is 21.0 Å². The van der Waals surface area contributed by atoms with E-state index in [1.54, 1.807) is 41.8 Å². The molecule has 3 heterocycles. The van der Waals surface area contributed by atoms with Crippen LogP contribution in [0.1, 0.15) is 39.3 Å². The van der Waals surface area contributed by atoms with Crippen molar-refractivity contribution < 1.29 is 18.0 Å². The van der Waals surface area contributed by atoms with Gasteiger partial charge in [0.15, 0.2) is 0 Å². The maximum Gasteiger partial charge on any atom is 0.275 e. The van der Waals surface area contributed by atoms with E-state index in [1.807, 2.05) is 0 Å². The predicted molar refractivity (Wildman–Crippen MR) is 112 cm³/mol. The first-order chi connectivity index (χ1) is 14.0. The summed E-state index contributed by atoms with van der Waals surface area (Å²) in [6.45, 7) is 1.01. The number of piperidine rings is 1. The lowest BCUT2D eigenvalue weighted by Gasteiger charge is -2.26. The Balaban J connectivity index is 1.68. The summed E-state index contributed by atoms with van der Waals surface area (Å²) in [5.41, 5.74) is 0.801. The number of sulfonamides is 1. The molecule has 1 fully saturated rings. The summed E-state index contributed by atoms with van der Waals surface area (Å²) < 4.78 is 28.1. The number of anilines is 1. The van der Waals surface area contributed by atoms with Crippen molar-refractivity contribution in [2.75, 3.05) is 18.0 Å². The van der Waals surface area contributed by atoms with Crippen LogP contribution in [0.3, 0.4) is 0 Å². The highest BCUT2D eigenvalue weighted by Crippen LogP contribution is 2.41. The van der Waals surface area contributed by atoms with E-state index < -0.39 is 21.8 Å². The smallest absolute Gasteiger partial charge is 0.268 e. The molecule has 29 heavy (non-hydrogen) atoms. The molecule has 3 aromatic rings. The van der Waals surface area contributed by atoms with Gasteiger partial charge in [-0.2, -0.15) is 4.31 Å². The fourth-order valence-corrected chi connectivity index (χ4v) is 6.50. The van der Waals surface area contributed by atoms with Crippen LogP contribution in [0.2, 0.25) is 0 Å². The SMILES string of the molecule is O=C(c1cccs1)N1C(=O)c2cccc3c(S(=O)(=O)N4CCCCC4)ccc1c23. The lowest BCUT2D eigenvalue weighted by Crippen LogP contribution is -2.35. The molecule has 8 heteroatoms. The van der Waals surface area contributed by atoms with Crippen molar-refractivity contribution in [2.45, 2.75) is 24.2 Å². The molecule has 2 amide bonds. The topological polar surface area (TPSA) is 74.8 Å². The average Bonchev–Trinajstić information content (AvgIpc) is 3.37.